The van der Waals surface area contributed by atoms with Crippen molar-refractivity contribution in [1.29, 1.82) is 0 Å². The van der Waals surface area contributed by atoms with E-state index in [1.165, 1.54) is 25.1 Å². The number of esters is 1. The minimum atomic E-state index is -1.22. The Labute approximate surface area is 147 Å². The van der Waals surface area contributed by atoms with Crippen LogP contribution in [-0.4, -0.2) is 18.0 Å². The summed E-state index contributed by atoms with van der Waals surface area (Å²) < 4.78 is 23.9. The molecule has 0 aliphatic rings. The van der Waals surface area contributed by atoms with Gasteiger partial charge in [0.05, 0.1) is 11.1 Å². The fourth-order valence-corrected chi connectivity index (χ4v) is 2.27. The maximum Gasteiger partial charge on any atom is 0.375 e. The number of amides is 1. The molecule has 3 aromatic rings. The van der Waals surface area contributed by atoms with Crippen molar-refractivity contribution in [3.63, 3.8) is 0 Å². The fourth-order valence-electron chi connectivity index (χ4n) is 2.27. The van der Waals surface area contributed by atoms with E-state index < -0.39 is 29.2 Å². The van der Waals surface area contributed by atoms with Crippen molar-refractivity contribution in [3.05, 3.63) is 76.4 Å². The summed E-state index contributed by atoms with van der Waals surface area (Å²) in [7, 11) is 0. The van der Waals surface area contributed by atoms with E-state index >= 15 is 0 Å². The predicted molar refractivity (Wildman–Crippen MR) is 92.4 cm³/mol. The highest BCUT2D eigenvalue weighted by Gasteiger charge is 2.22. The van der Waals surface area contributed by atoms with Gasteiger partial charge in [-0.1, -0.05) is 24.3 Å². The number of benzene rings is 2. The molecule has 1 unspecified atom stereocenters. The first-order valence-electron chi connectivity index (χ1n) is 7.75. The van der Waals surface area contributed by atoms with Crippen LogP contribution in [0.2, 0.25) is 0 Å². The molecule has 0 fully saturated rings. The molecule has 132 valence electrons. The number of hydrogen-bond acceptors (Lipinski definition) is 5. The number of para-hydroxylation sites is 2. The summed E-state index contributed by atoms with van der Waals surface area (Å²) in [6.07, 6.45) is -1.22. The molecule has 0 radical (unpaired) electrons. The first kappa shape index (κ1) is 17.3. The van der Waals surface area contributed by atoms with Gasteiger partial charge in [-0.05, 0) is 31.2 Å². The normalized spacial score (nSPS) is 11.8. The van der Waals surface area contributed by atoms with Crippen molar-refractivity contribution in [3.8, 4) is 0 Å². The van der Waals surface area contributed by atoms with Crippen LogP contribution in [-0.2, 0) is 9.53 Å². The summed E-state index contributed by atoms with van der Waals surface area (Å²) in [6, 6.07) is 13.1. The summed E-state index contributed by atoms with van der Waals surface area (Å²) >= 11 is 0. The Kier molecular flexibility index (Phi) is 4.79. The topological polar surface area (TPSA) is 85.6 Å². The average Bonchev–Trinajstić information content (AvgIpc) is 2.63. The Morgan fingerprint density at radius 2 is 1.81 bits per heavy atom. The minimum Gasteiger partial charge on any atom is -0.449 e. The zero-order valence-corrected chi connectivity index (χ0v) is 13.7. The maximum absolute atomic E-state index is 13.6. The first-order valence-corrected chi connectivity index (χ1v) is 7.75. The SMILES string of the molecule is CC(OC(=O)c1cc(=O)c2ccccc2o1)C(=O)Nc1ccccc1F. The second-order valence-electron chi connectivity index (χ2n) is 5.49. The van der Waals surface area contributed by atoms with Crippen LogP contribution in [0.25, 0.3) is 11.0 Å². The molecule has 2 aromatic carbocycles. The van der Waals surface area contributed by atoms with Gasteiger partial charge in [-0.2, -0.15) is 0 Å². The van der Waals surface area contributed by atoms with Gasteiger partial charge in [0.25, 0.3) is 5.91 Å². The summed E-state index contributed by atoms with van der Waals surface area (Å²) in [4.78, 5) is 36.2. The second-order valence-corrected chi connectivity index (χ2v) is 5.49. The Bertz CT molecular complexity index is 1040. The number of fused-ring (bicyclic) bond motifs is 1. The molecule has 1 atom stereocenters. The van der Waals surface area contributed by atoms with Crippen LogP contribution in [0.4, 0.5) is 10.1 Å². The molecular weight excluding hydrogens is 341 g/mol. The summed E-state index contributed by atoms with van der Waals surface area (Å²) in [6.45, 7) is 1.33. The highest BCUT2D eigenvalue weighted by atomic mass is 19.1. The quantitative estimate of drug-likeness (QED) is 0.727. The molecule has 1 aromatic heterocycles. The zero-order valence-electron chi connectivity index (χ0n) is 13.7. The van der Waals surface area contributed by atoms with Crippen LogP contribution in [0.15, 0.2) is 63.8 Å². The predicted octanol–water partition coefficient (Wildman–Crippen LogP) is 3.12. The molecule has 26 heavy (non-hydrogen) atoms. The maximum atomic E-state index is 13.6. The van der Waals surface area contributed by atoms with Gasteiger partial charge in [0.15, 0.2) is 11.5 Å². The lowest BCUT2D eigenvalue weighted by atomic mass is 10.2. The molecule has 1 N–H and O–H groups in total. The lowest BCUT2D eigenvalue weighted by Gasteiger charge is -2.13. The molecular formula is C19H14FNO5. The van der Waals surface area contributed by atoms with Gasteiger partial charge in [0.1, 0.15) is 11.4 Å². The number of ether oxygens (including phenoxy) is 1. The molecule has 0 spiro atoms. The number of rotatable bonds is 4. The number of carbonyl (C=O) groups is 2. The van der Waals surface area contributed by atoms with Gasteiger partial charge in [-0.25, -0.2) is 9.18 Å². The molecule has 1 heterocycles. The van der Waals surface area contributed by atoms with E-state index in [0.29, 0.717) is 5.39 Å². The number of nitrogens with one attached hydrogen (secondary N) is 1. The molecule has 0 aliphatic carbocycles. The fraction of sp³-hybridized carbons (Fsp3) is 0.105. The van der Waals surface area contributed by atoms with Crippen LogP contribution < -0.4 is 10.7 Å². The van der Waals surface area contributed by atoms with Gasteiger partial charge >= 0.3 is 5.97 Å². The third kappa shape index (κ3) is 3.61. The van der Waals surface area contributed by atoms with Crippen molar-refractivity contribution < 1.29 is 23.1 Å². The Balaban J connectivity index is 1.74. The monoisotopic (exact) mass is 355 g/mol. The third-order valence-electron chi connectivity index (χ3n) is 3.62. The second kappa shape index (κ2) is 7.18. The molecule has 0 saturated carbocycles. The molecule has 0 saturated heterocycles. The number of hydrogen-bond donors (Lipinski definition) is 1. The van der Waals surface area contributed by atoms with Crippen molar-refractivity contribution in [2.45, 2.75) is 13.0 Å². The molecule has 0 aliphatic heterocycles. The number of anilines is 1. The lowest BCUT2D eigenvalue weighted by Crippen LogP contribution is -2.30. The largest absolute Gasteiger partial charge is 0.449 e. The third-order valence-corrected chi connectivity index (χ3v) is 3.62. The van der Waals surface area contributed by atoms with Crippen LogP contribution in [0.3, 0.4) is 0 Å². The molecule has 7 heteroatoms. The molecule has 1 amide bonds. The Morgan fingerprint density at radius 1 is 1.12 bits per heavy atom. The standard InChI is InChI=1S/C19H14FNO5/c1-11(18(23)21-14-8-4-3-7-13(14)20)25-19(24)17-10-15(22)12-6-2-5-9-16(12)26-17/h2-11H,1H3,(H,21,23). The van der Waals surface area contributed by atoms with Crippen molar-refractivity contribution in [2.24, 2.45) is 0 Å². The van der Waals surface area contributed by atoms with Crippen molar-refractivity contribution in [1.82, 2.24) is 0 Å². The first-order chi connectivity index (χ1) is 12.5. The van der Waals surface area contributed by atoms with Gasteiger partial charge in [0, 0.05) is 6.07 Å². The van der Waals surface area contributed by atoms with Crippen LogP contribution in [0.1, 0.15) is 17.5 Å². The molecule has 3 rings (SSSR count). The summed E-state index contributed by atoms with van der Waals surface area (Å²) in [5, 5.41) is 2.65. The van der Waals surface area contributed by atoms with Gasteiger partial charge < -0.3 is 14.5 Å². The van der Waals surface area contributed by atoms with Crippen molar-refractivity contribution >= 4 is 28.5 Å². The van der Waals surface area contributed by atoms with Crippen LogP contribution in [0, 0.1) is 5.82 Å². The van der Waals surface area contributed by atoms with E-state index in [-0.39, 0.29) is 17.0 Å². The zero-order chi connectivity index (χ0) is 18.7. The summed E-state index contributed by atoms with van der Waals surface area (Å²) in [5.41, 5.74) is -0.199. The lowest BCUT2D eigenvalue weighted by molar-refractivity contribution is -0.123. The minimum absolute atomic E-state index is 0.0300. The van der Waals surface area contributed by atoms with E-state index in [4.69, 9.17) is 9.15 Å². The van der Waals surface area contributed by atoms with Gasteiger partial charge in [-0.3, -0.25) is 9.59 Å². The van der Waals surface area contributed by atoms with Gasteiger partial charge in [-0.15, -0.1) is 0 Å². The van der Waals surface area contributed by atoms with Gasteiger partial charge in [0.2, 0.25) is 5.76 Å². The Morgan fingerprint density at radius 3 is 2.58 bits per heavy atom. The van der Waals surface area contributed by atoms with E-state index in [2.05, 4.69) is 5.32 Å². The number of carbonyl (C=O) groups excluding carboxylic acids is 2. The molecule has 0 bridgehead atoms. The van der Waals surface area contributed by atoms with E-state index in [9.17, 15) is 18.8 Å². The smallest absolute Gasteiger partial charge is 0.375 e. The number of halogens is 1. The van der Waals surface area contributed by atoms with Crippen molar-refractivity contribution in [2.75, 3.05) is 5.32 Å². The van der Waals surface area contributed by atoms with Crippen LogP contribution in [0.5, 0.6) is 0 Å². The van der Waals surface area contributed by atoms with E-state index in [1.54, 1.807) is 30.3 Å². The average molecular weight is 355 g/mol. The highest BCUT2D eigenvalue weighted by Crippen LogP contribution is 2.15. The molecule has 6 nitrogen and oxygen atoms in total. The van der Waals surface area contributed by atoms with E-state index in [1.807, 2.05) is 0 Å². The summed E-state index contributed by atoms with van der Waals surface area (Å²) in [5.74, 6) is -2.62. The highest BCUT2D eigenvalue weighted by molar-refractivity contribution is 5.97. The van der Waals surface area contributed by atoms with Crippen LogP contribution >= 0.6 is 0 Å². The van der Waals surface area contributed by atoms with E-state index in [0.717, 1.165) is 6.07 Å². The Hall–Kier alpha value is -3.48.